The van der Waals surface area contributed by atoms with E-state index >= 15 is 0 Å². The Morgan fingerprint density at radius 3 is 2.74 bits per heavy atom. The second-order valence-corrected chi connectivity index (χ2v) is 6.57. The molecule has 4 amide bonds. The van der Waals surface area contributed by atoms with Crippen LogP contribution in [0.15, 0.2) is 12.4 Å². The second kappa shape index (κ2) is 5.36. The minimum atomic E-state index is -0.848. The first-order valence-electron chi connectivity index (χ1n) is 7.67. The summed E-state index contributed by atoms with van der Waals surface area (Å²) in [6.07, 6.45) is 5.37. The predicted molar refractivity (Wildman–Crippen MR) is 81.1 cm³/mol. The fourth-order valence-corrected chi connectivity index (χ4v) is 2.97. The Kier molecular flexibility index (Phi) is 3.62. The number of carbonyl (C=O) groups is 3. The maximum absolute atomic E-state index is 12.5. The maximum atomic E-state index is 12.5. The zero-order valence-electron chi connectivity index (χ0n) is 13.6. The molecule has 124 valence electrons. The zero-order chi connectivity index (χ0) is 16.8. The van der Waals surface area contributed by atoms with Gasteiger partial charge in [0.1, 0.15) is 12.1 Å². The van der Waals surface area contributed by atoms with Crippen molar-refractivity contribution in [2.45, 2.75) is 31.8 Å². The van der Waals surface area contributed by atoms with E-state index in [0.717, 1.165) is 23.3 Å². The Hall–Kier alpha value is -2.38. The summed E-state index contributed by atoms with van der Waals surface area (Å²) in [6.45, 7) is 1.90. The van der Waals surface area contributed by atoms with E-state index in [4.69, 9.17) is 0 Å². The average molecular weight is 319 g/mol. The Bertz CT molecular complexity index is 666. The van der Waals surface area contributed by atoms with Crippen molar-refractivity contribution in [3.8, 4) is 0 Å². The van der Waals surface area contributed by atoms with Crippen LogP contribution in [0.2, 0.25) is 0 Å². The average Bonchev–Trinajstić information content (AvgIpc) is 3.23. The summed E-state index contributed by atoms with van der Waals surface area (Å²) in [4.78, 5) is 39.4. The fraction of sp³-hybridized carbons (Fsp3) is 0.600. The quantitative estimate of drug-likeness (QED) is 0.780. The molecule has 23 heavy (non-hydrogen) atoms. The third-order valence-corrected chi connectivity index (χ3v) is 4.59. The van der Waals surface area contributed by atoms with Gasteiger partial charge in [0.2, 0.25) is 5.91 Å². The zero-order valence-corrected chi connectivity index (χ0v) is 13.6. The molecule has 1 atom stereocenters. The second-order valence-electron chi connectivity index (χ2n) is 6.57. The van der Waals surface area contributed by atoms with E-state index < -0.39 is 11.6 Å². The van der Waals surface area contributed by atoms with E-state index in [0.29, 0.717) is 6.54 Å². The van der Waals surface area contributed by atoms with E-state index in [2.05, 4.69) is 10.4 Å². The van der Waals surface area contributed by atoms with E-state index in [1.807, 2.05) is 6.20 Å². The monoisotopic (exact) mass is 319 g/mol. The highest BCUT2D eigenvalue weighted by Crippen LogP contribution is 2.42. The first-order chi connectivity index (χ1) is 10.8. The summed E-state index contributed by atoms with van der Waals surface area (Å²) in [5.74, 6) is -0.391. The van der Waals surface area contributed by atoms with Crippen molar-refractivity contribution < 1.29 is 14.4 Å². The van der Waals surface area contributed by atoms with Crippen LogP contribution in [0, 0.1) is 5.92 Å². The standard InChI is InChI=1S/C15H21N5O3/c1-15(11-4-5-11)13(22)20(14(23)17-15)9-12(21)18(2)7-10-6-16-19(3)8-10/h6,8,11H,4-5,7,9H2,1-3H3,(H,17,23). The van der Waals surface area contributed by atoms with Crippen LogP contribution in [-0.4, -0.2) is 56.6 Å². The number of urea groups is 1. The number of rotatable bonds is 5. The van der Waals surface area contributed by atoms with Crippen LogP contribution >= 0.6 is 0 Å². The first kappa shape index (κ1) is 15.5. The molecule has 8 heteroatoms. The SMILES string of the molecule is CN(Cc1cnn(C)c1)C(=O)CN1C(=O)NC(C)(C2CC2)C1=O. The van der Waals surface area contributed by atoms with Crippen LogP contribution in [0.4, 0.5) is 4.79 Å². The van der Waals surface area contributed by atoms with Gasteiger partial charge in [0.25, 0.3) is 5.91 Å². The van der Waals surface area contributed by atoms with Gasteiger partial charge >= 0.3 is 6.03 Å². The molecule has 2 fully saturated rings. The topological polar surface area (TPSA) is 87.5 Å². The number of hydrogen-bond donors (Lipinski definition) is 1. The Labute approximate surface area is 134 Å². The van der Waals surface area contributed by atoms with Crippen molar-refractivity contribution in [3.05, 3.63) is 18.0 Å². The van der Waals surface area contributed by atoms with Gasteiger partial charge in [0.05, 0.1) is 6.20 Å². The van der Waals surface area contributed by atoms with Crippen LogP contribution in [0.25, 0.3) is 0 Å². The van der Waals surface area contributed by atoms with Gasteiger partial charge in [-0.2, -0.15) is 5.10 Å². The van der Waals surface area contributed by atoms with Crippen LogP contribution in [0.5, 0.6) is 0 Å². The summed E-state index contributed by atoms with van der Waals surface area (Å²) < 4.78 is 1.66. The van der Waals surface area contributed by atoms with Gasteiger partial charge in [-0.05, 0) is 25.7 Å². The number of aryl methyl sites for hydroxylation is 1. The van der Waals surface area contributed by atoms with E-state index in [-0.39, 0.29) is 24.3 Å². The number of nitrogens with zero attached hydrogens (tertiary/aromatic N) is 4. The van der Waals surface area contributed by atoms with Crippen LogP contribution in [0.1, 0.15) is 25.3 Å². The maximum Gasteiger partial charge on any atom is 0.325 e. The molecule has 1 aliphatic carbocycles. The molecule has 8 nitrogen and oxygen atoms in total. The van der Waals surface area contributed by atoms with Gasteiger partial charge in [0.15, 0.2) is 0 Å². The Morgan fingerprint density at radius 1 is 1.48 bits per heavy atom. The normalized spacial score (nSPS) is 24.0. The summed E-state index contributed by atoms with van der Waals surface area (Å²) >= 11 is 0. The molecule has 1 N–H and O–H groups in total. The van der Waals surface area contributed by atoms with Gasteiger partial charge < -0.3 is 10.2 Å². The summed E-state index contributed by atoms with van der Waals surface area (Å²) in [5.41, 5.74) is 0.0441. The van der Waals surface area contributed by atoms with Crippen LogP contribution in [-0.2, 0) is 23.2 Å². The number of carbonyl (C=O) groups excluding carboxylic acids is 3. The Balaban J connectivity index is 1.63. The van der Waals surface area contributed by atoms with Gasteiger partial charge in [-0.3, -0.25) is 19.2 Å². The highest BCUT2D eigenvalue weighted by atomic mass is 16.2. The molecule has 0 aromatic carbocycles. The Morgan fingerprint density at radius 2 is 2.17 bits per heavy atom. The molecule has 1 aliphatic heterocycles. The number of nitrogens with one attached hydrogen (secondary N) is 1. The molecule has 1 saturated heterocycles. The third-order valence-electron chi connectivity index (χ3n) is 4.59. The molecule has 1 aromatic rings. The minimum absolute atomic E-state index is 0.187. The minimum Gasteiger partial charge on any atom is -0.340 e. The van der Waals surface area contributed by atoms with Gasteiger partial charge in [-0.25, -0.2) is 4.79 Å². The van der Waals surface area contributed by atoms with Gasteiger partial charge in [-0.1, -0.05) is 0 Å². The molecule has 1 saturated carbocycles. The van der Waals surface area contributed by atoms with Crippen LogP contribution in [0.3, 0.4) is 0 Å². The number of imide groups is 1. The van der Waals surface area contributed by atoms with E-state index in [1.54, 1.807) is 31.9 Å². The smallest absolute Gasteiger partial charge is 0.325 e. The number of aromatic nitrogens is 2. The summed E-state index contributed by atoms with van der Waals surface area (Å²) in [5, 5.41) is 6.79. The van der Waals surface area contributed by atoms with Crippen molar-refractivity contribution in [1.29, 1.82) is 0 Å². The highest BCUT2D eigenvalue weighted by Gasteiger charge is 2.56. The lowest BCUT2D eigenvalue weighted by Crippen LogP contribution is -2.47. The first-order valence-corrected chi connectivity index (χ1v) is 7.67. The highest BCUT2D eigenvalue weighted by molar-refractivity contribution is 6.09. The van der Waals surface area contributed by atoms with E-state index in [9.17, 15) is 14.4 Å². The van der Waals surface area contributed by atoms with Gasteiger partial charge in [-0.15, -0.1) is 0 Å². The molecular formula is C15H21N5O3. The fourth-order valence-electron chi connectivity index (χ4n) is 2.97. The number of likely N-dealkylation sites (N-methyl/N-ethyl adjacent to an activating group) is 1. The lowest BCUT2D eigenvalue weighted by molar-refractivity contribution is -0.138. The molecule has 2 aliphatic rings. The summed E-state index contributed by atoms with van der Waals surface area (Å²) in [6, 6.07) is -0.479. The molecule has 3 rings (SSSR count). The summed E-state index contributed by atoms with van der Waals surface area (Å²) in [7, 11) is 3.45. The van der Waals surface area contributed by atoms with Gasteiger partial charge in [0, 0.05) is 32.4 Å². The van der Waals surface area contributed by atoms with E-state index in [1.165, 1.54) is 4.90 Å². The molecule has 0 spiro atoms. The van der Waals surface area contributed by atoms with Crippen LogP contribution < -0.4 is 5.32 Å². The van der Waals surface area contributed by atoms with Crippen molar-refractivity contribution in [1.82, 2.24) is 24.9 Å². The lowest BCUT2D eigenvalue weighted by atomic mass is 9.96. The molecule has 0 bridgehead atoms. The molecule has 0 radical (unpaired) electrons. The molecule has 2 heterocycles. The number of hydrogen-bond acceptors (Lipinski definition) is 4. The molecule has 1 unspecified atom stereocenters. The third kappa shape index (κ3) is 2.80. The molecule has 1 aromatic heterocycles. The van der Waals surface area contributed by atoms with Crippen molar-refractivity contribution >= 4 is 17.8 Å². The van der Waals surface area contributed by atoms with Crippen molar-refractivity contribution in [3.63, 3.8) is 0 Å². The predicted octanol–water partition coefficient (Wildman–Crippen LogP) is 0.0990. The number of amides is 4. The lowest BCUT2D eigenvalue weighted by Gasteiger charge is -2.22. The van der Waals surface area contributed by atoms with Crippen molar-refractivity contribution in [2.24, 2.45) is 13.0 Å². The molecular weight excluding hydrogens is 298 g/mol. The van der Waals surface area contributed by atoms with Crippen molar-refractivity contribution in [2.75, 3.05) is 13.6 Å². The largest absolute Gasteiger partial charge is 0.340 e.